The molecular formula is C20H12FN5O4. The number of benzene rings is 2. The predicted octanol–water partition coefficient (Wildman–Crippen LogP) is 2.99. The number of rotatable bonds is 5. The van der Waals surface area contributed by atoms with E-state index in [9.17, 15) is 29.8 Å². The van der Waals surface area contributed by atoms with Crippen molar-refractivity contribution in [3.05, 3.63) is 85.4 Å². The SMILES string of the molecule is N#Cc1c(N)[nH]c(=O)c(C#N)c1-c1cc([N+](=O)[O-])ccc1OCc1cccc(F)c1. The highest BCUT2D eigenvalue weighted by molar-refractivity contribution is 5.84. The molecule has 3 rings (SSSR count). The van der Waals surface area contributed by atoms with Crippen LogP contribution in [0.5, 0.6) is 5.75 Å². The first-order valence-corrected chi connectivity index (χ1v) is 8.37. The van der Waals surface area contributed by atoms with Crippen molar-refractivity contribution < 1.29 is 14.1 Å². The van der Waals surface area contributed by atoms with Gasteiger partial charge in [-0.15, -0.1) is 0 Å². The summed E-state index contributed by atoms with van der Waals surface area (Å²) in [5, 5.41) is 30.2. The minimum Gasteiger partial charge on any atom is -0.488 e. The summed E-state index contributed by atoms with van der Waals surface area (Å²) >= 11 is 0. The highest BCUT2D eigenvalue weighted by Gasteiger charge is 2.23. The Balaban J connectivity index is 2.22. The summed E-state index contributed by atoms with van der Waals surface area (Å²) < 4.78 is 19.1. The molecule has 10 heteroatoms. The number of nitro benzene ring substituents is 1. The Morgan fingerprint density at radius 3 is 2.53 bits per heavy atom. The van der Waals surface area contributed by atoms with Gasteiger partial charge in [-0.1, -0.05) is 12.1 Å². The van der Waals surface area contributed by atoms with Crippen molar-refractivity contribution in [2.24, 2.45) is 0 Å². The third kappa shape index (κ3) is 3.79. The van der Waals surface area contributed by atoms with E-state index < -0.39 is 21.9 Å². The number of nitrogens with zero attached hydrogens (tertiary/aromatic N) is 3. The zero-order valence-corrected chi connectivity index (χ0v) is 15.2. The molecule has 1 heterocycles. The molecule has 3 N–H and O–H groups in total. The molecule has 0 aliphatic rings. The van der Waals surface area contributed by atoms with Gasteiger partial charge >= 0.3 is 0 Å². The molecule has 0 amide bonds. The average molecular weight is 405 g/mol. The molecule has 0 radical (unpaired) electrons. The summed E-state index contributed by atoms with van der Waals surface area (Å²) in [7, 11) is 0. The molecule has 1 aromatic heterocycles. The number of nitrogens with one attached hydrogen (secondary N) is 1. The second kappa shape index (κ2) is 8.12. The summed E-state index contributed by atoms with van der Waals surface area (Å²) in [5.41, 5.74) is 4.09. The van der Waals surface area contributed by atoms with Crippen LogP contribution in [0.3, 0.4) is 0 Å². The largest absolute Gasteiger partial charge is 0.488 e. The number of aromatic nitrogens is 1. The van der Waals surface area contributed by atoms with Crippen LogP contribution in [0.1, 0.15) is 16.7 Å². The summed E-state index contributed by atoms with van der Waals surface area (Å²) in [6.45, 7) is -0.106. The van der Waals surface area contributed by atoms with E-state index in [2.05, 4.69) is 4.98 Å². The number of halogens is 1. The molecule has 30 heavy (non-hydrogen) atoms. The van der Waals surface area contributed by atoms with Gasteiger partial charge in [0.15, 0.2) is 0 Å². The predicted molar refractivity (Wildman–Crippen MR) is 104 cm³/mol. The number of non-ortho nitro benzene ring substituents is 1. The van der Waals surface area contributed by atoms with Crippen molar-refractivity contribution in [1.82, 2.24) is 4.98 Å². The Morgan fingerprint density at radius 2 is 1.90 bits per heavy atom. The van der Waals surface area contributed by atoms with E-state index in [1.807, 2.05) is 0 Å². The first kappa shape index (κ1) is 20.0. The maximum atomic E-state index is 13.4. The number of nitrogens with two attached hydrogens (primary N) is 1. The Labute approximate surface area is 168 Å². The van der Waals surface area contributed by atoms with Crippen LogP contribution >= 0.6 is 0 Å². The molecule has 148 valence electrons. The molecule has 0 aliphatic heterocycles. The third-order valence-electron chi connectivity index (χ3n) is 4.19. The molecule has 0 bridgehead atoms. The number of hydrogen-bond acceptors (Lipinski definition) is 7. The van der Waals surface area contributed by atoms with Crippen LogP contribution in [0.15, 0.2) is 47.3 Å². The topological polar surface area (TPSA) is 159 Å². The van der Waals surface area contributed by atoms with Crippen LogP contribution in [0.4, 0.5) is 15.9 Å². The summed E-state index contributed by atoms with van der Waals surface area (Å²) in [4.78, 5) is 25.0. The molecule has 0 saturated carbocycles. The number of anilines is 1. The molecule has 2 aromatic carbocycles. The van der Waals surface area contributed by atoms with E-state index in [0.717, 1.165) is 6.07 Å². The van der Waals surface area contributed by atoms with Gasteiger partial charge in [0, 0.05) is 23.3 Å². The van der Waals surface area contributed by atoms with Gasteiger partial charge in [-0.3, -0.25) is 14.9 Å². The lowest BCUT2D eigenvalue weighted by atomic mass is 9.95. The molecule has 0 saturated heterocycles. The minimum atomic E-state index is -0.855. The van der Waals surface area contributed by atoms with E-state index in [1.54, 1.807) is 18.2 Å². The van der Waals surface area contributed by atoms with Crippen molar-refractivity contribution in [1.29, 1.82) is 10.5 Å². The Bertz CT molecular complexity index is 1300. The number of nitrogen functional groups attached to an aromatic ring is 1. The quantitative estimate of drug-likeness (QED) is 0.487. The zero-order valence-electron chi connectivity index (χ0n) is 15.2. The number of nitro groups is 1. The molecule has 0 atom stereocenters. The van der Waals surface area contributed by atoms with Crippen molar-refractivity contribution in [2.45, 2.75) is 6.61 Å². The first-order chi connectivity index (χ1) is 14.3. The van der Waals surface area contributed by atoms with Gasteiger partial charge in [0.2, 0.25) is 0 Å². The second-order valence-electron chi connectivity index (χ2n) is 6.07. The molecule has 9 nitrogen and oxygen atoms in total. The second-order valence-corrected chi connectivity index (χ2v) is 6.07. The van der Waals surface area contributed by atoms with Crippen LogP contribution in [0, 0.1) is 38.6 Å². The molecule has 3 aromatic rings. The summed E-state index contributed by atoms with van der Waals surface area (Å²) in [5.74, 6) is -0.720. The van der Waals surface area contributed by atoms with Crippen LogP contribution in [-0.2, 0) is 6.61 Å². The molecule has 0 spiro atoms. The van der Waals surface area contributed by atoms with Crippen molar-refractivity contribution >= 4 is 11.5 Å². The van der Waals surface area contributed by atoms with Gasteiger partial charge in [-0.05, 0) is 23.8 Å². The first-order valence-electron chi connectivity index (χ1n) is 8.37. The fraction of sp³-hybridized carbons (Fsp3) is 0.0500. The van der Waals surface area contributed by atoms with Crippen LogP contribution in [0.2, 0.25) is 0 Å². The summed E-state index contributed by atoms with van der Waals surface area (Å²) in [6, 6.07) is 12.6. The molecule has 0 unspecified atom stereocenters. The lowest BCUT2D eigenvalue weighted by molar-refractivity contribution is -0.384. The lowest BCUT2D eigenvalue weighted by Crippen LogP contribution is -2.16. The smallest absolute Gasteiger partial charge is 0.270 e. The van der Waals surface area contributed by atoms with Crippen LogP contribution in [-0.4, -0.2) is 9.91 Å². The Kier molecular flexibility index (Phi) is 5.43. The van der Waals surface area contributed by atoms with Gasteiger partial charge in [-0.2, -0.15) is 10.5 Å². The van der Waals surface area contributed by atoms with Crippen molar-refractivity contribution in [3.63, 3.8) is 0 Å². The molecule has 0 fully saturated rings. The van der Waals surface area contributed by atoms with Crippen molar-refractivity contribution in [2.75, 3.05) is 5.73 Å². The monoisotopic (exact) mass is 405 g/mol. The zero-order chi connectivity index (χ0) is 21.8. The van der Waals surface area contributed by atoms with Gasteiger partial charge in [-0.25, -0.2) is 4.39 Å². The fourth-order valence-electron chi connectivity index (χ4n) is 2.85. The van der Waals surface area contributed by atoms with Gasteiger partial charge in [0.05, 0.1) is 4.92 Å². The van der Waals surface area contributed by atoms with Crippen LogP contribution < -0.4 is 16.0 Å². The summed E-state index contributed by atoms with van der Waals surface area (Å²) in [6.07, 6.45) is 0. The van der Waals surface area contributed by atoms with Gasteiger partial charge in [0.1, 0.15) is 47.3 Å². The maximum Gasteiger partial charge on any atom is 0.270 e. The standard InChI is InChI=1S/C20H12FN5O4/c21-12-3-1-2-11(6-12)10-30-17-5-4-13(26(28)29)7-14(17)18-15(8-22)19(24)25-20(27)16(18)9-23/h1-7H,10H2,(H3,24,25,27). The van der Waals surface area contributed by atoms with E-state index >= 15 is 0 Å². The minimum absolute atomic E-state index is 0.0356. The highest BCUT2D eigenvalue weighted by atomic mass is 19.1. The third-order valence-corrected chi connectivity index (χ3v) is 4.19. The van der Waals surface area contributed by atoms with Crippen LogP contribution in [0.25, 0.3) is 11.1 Å². The van der Waals surface area contributed by atoms with Gasteiger partial charge < -0.3 is 15.5 Å². The number of ether oxygens (including phenoxy) is 1. The highest BCUT2D eigenvalue weighted by Crippen LogP contribution is 2.38. The Hall–Kier alpha value is -4.70. The number of H-pyrrole nitrogens is 1. The lowest BCUT2D eigenvalue weighted by Gasteiger charge is -2.14. The van der Waals surface area contributed by atoms with Gasteiger partial charge in [0.25, 0.3) is 11.2 Å². The number of hydrogen-bond donors (Lipinski definition) is 2. The van der Waals surface area contributed by atoms with E-state index in [-0.39, 0.29) is 40.6 Å². The number of pyridine rings is 1. The average Bonchev–Trinajstić information content (AvgIpc) is 2.71. The maximum absolute atomic E-state index is 13.4. The fourth-order valence-corrected chi connectivity index (χ4v) is 2.85. The normalized spacial score (nSPS) is 10.1. The van der Waals surface area contributed by atoms with E-state index in [4.69, 9.17) is 10.5 Å². The van der Waals surface area contributed by atoms with E-state index in [0.29, 0.717) is 5.56 Å². The number of aromatic amines is 1. The number of nitriles is 2. The van der Waals surface area contributed by atoms with Crippen molar-refractivity contribution in [3.8, 4) is 29.0 Å². The van der Waals surface area contributed by atoms with E-state index in [1.165, 1.54) is 30.3 Å². The molecular weight excluding hydrogens is 393 g/mol. The molecule has 0 aliphatic carbocycles. The Morgan fingerprint density at radius 1 is 1.17 bits per heavy atom.